The van der Waals surface area contributed by atoms with Gasteiger partial charge >= 0.3 is 5.25 Å². The van der Waals surface area contributed by atoms with Crippen molar-refractivity contribution in [1.29, 1.82) is 0 Å². The molecule has 0 bridgehead atoms. The second-order valence-electron chi connectivity index (χ2n) is 2.72. The lowest BCUT2D eigenvalue weighted by Gasteiger charge is -2.27. The van der Waals surface area contributed by atoms with Crippen molar-refractivity contribution in [3.8, 4) is 0 Å². The van der Waals surface area contributed by atoms with E-state index in [1.54, 1.807) is 0 Å². The molecule has 1 N–H and O–H groups in total. The molecule has 0 saturated heterocycles. The first-order valence-corrected chi connectivity index (χ1v) is 5.47. The van der Waals surface area contributed by atoms with E-state index >= 15 is 0 Å². The van der Waals surface area contributed by atoms with Crippen LogP contribution >= 0.6 is 35.8 Å². The average molecular weight is 266 g/mol. The van der Waals surface area contributed by atoms with Crippen LogP contribution in [0.5, 0.6) is 0 Å². The normalized spacial score (nSPS) is 24.8. The van der Waals surface area contributed by atoms with Gasteiger partial charge in [-0.1, -0.05) is 0 Å². The molecule has 0 amide bonds. The molecule has 0 spiro atoms. The molecular weight excluding hydrogens is 261 g/mol. The number of aromatic amines is 1. The largest absolute Gasteiger partial charge is 0.333 e. The van der Waals surface area contributed by atoms with Crippen molar-refractivity contribution in [1.82, 2.24) is 14.0 Å². The Morgan fingerprint density at radius 2 is 2.40 bits per heavy atom. The third-order valence-electron chi connectivity index (χ3n) is 1.79. The van der Waals surface area contributed by atoms with Gasteiger partial charge in [-0.25, -0.2) is 4.42 Å². The monoisotopic (exact) mass is 265 g/mol. The van der Waals surface area contributed by atoms with Crippen LogP contribution < -0.4 is 5.56 Å². The summed E-state index contributed by atoms with van der Waals surface area (Å²) in [6.07, 6.45) is 2.63. The number of thioether (sulfide) groups is 1. The molecule has 1 aromatic rings. The lowest BCUT2D eigenvalue weighted by atomic mass is 10.6. The van der Waals surface area contributed by atoms with Crippen LogP contribution in [-0.2, 0) is 5.25 Å². The highest BCUT2D eigenvalue weighted by molar-refractivity contribution is 8.02. The Bertz CT molecular complexity index is 527. The zero-order valence-corrected chi connectivity index (χ0v) is 9.57. The van der Waals surface area contributed by atoms with Gasteiger partial charge in [0.05, 0.1) is 0 Å². The van der Waals surface area contributed by atoms with Gasteiger partial charge < -0.3 is 0 Å². The molecule has 4 nitrogen and oxygen atoms in total. The minimum Gasteiger partial charge on any atom is -0.299 e. The Morgan fingerprint density at radius 3 is 2.93 bits per heavy atom. The molecule has 2 heterocycles. The first-order valence-electron chi connectivity index (χ1n) is 3.85. The predicted octanol–water partition coefficient (Wildman–Crippen LogP) is 2.12. The summed E-state index contributed by atoms with van der Waals surface area (Å²) < 4.78 is 16.2. The number of aromatic nitrogens is 2. The summed E-state index contributed by atoms with van der Waals surface area (Å²) in [6, 6.07) is 1.18. The first kappa shape index (κ1) is 10.7. The highest BCUT2D eigenvalue weighted by atomic mass is 35.5. The number of hydrogen-bond donors (Lipinski definition) is 1. The molecule has 80 valence electrons. The number of nitrogens with one attached hydrogen (secondary N) is 1. The molecule has 8 heteroatoms. The third kappa shape index (κ3) is 1.70. The van der Waals surface area contributed by atoms with E-state index in [-0.39, 0.29) is 10.3 Å². The number of hydrogen-bond acceptors (Lipinski definition) is 4. The van der Waals surface area contributed by atoms with Crippen LogP contribution in [0.4, 0.5) is 4.39 Å². The second kappa shape index (κ2) is 3.66. The van der Waals surface area contributed by atoms with Gasteiger partial charge in [0.2, 0.25) is 0 Å². The van der Waals surface area contributed by atoms with Crippen LogP contribution in [-0.4, -0.2) is 14.0 Å². The Kier molecular flexibility index (Phi) is 2.61. The fourth-order valence-electron chi connectivity index (χ4n) is 1.11. The maximum Gasteiger partial charge on any atom is 0.333 e. The van der Waals surface area contributed by atoms with E-state index in [4.69, 9.17) is 24.0 Å². The van der Waals surface area contributed by atoms with Crippen LogP contribution in [0.1, 0.15) is 0 Å². The maximum atomic E-state index is 14.3. The van der Waals surface area contributed by atoms with Gasteiger partial charge in [-0.15, -0.1) is 0 Å². The molecule has 0 radical (unpaired) electrons. The summed E-state index contributed by atoms with van der Waals surface area (Å²) in [5.74, 6) is 0. The van der Waals surface area contributed by atoms with E-state index in [0.717, 1.165) is 20.7 Å². The van der Waals surface area contributed by atoms with Crippen molar-refractivity contribution < 1.29 is 4.39 Å². The third-order valence-corrected chi connectivity index (χ3v) is 3.48. The van der Waals surface area contributed by atoms with Gasteiger partial charge in [-0.2, -0.15) is 4.39 Å². The number of halogens is 2. The summed E-state index contributed by atoms with van der Waals surface area (Å²) in [5.41, 5.74) is -0.378. The van der Waals surface area contributed by atoms with E-state index in [1.165, 1.54) is 23.9 Å². The summed E-state index contributed by atoms with van der Waals surface area (Å²) in [5, 5.41) is -0.525. The van der Waals surface area contributed by atoms with Gasteiger partial charge in [0, 0.05) is 30.2 Å². The topological polar surface area (TPSA) is 41.0 Å². The molecule has 1 unspecified atom stereocenters. The minimum atomic E-state index is -2.02. The van der Waals surface area contributed by atoms with Crippen LogP contribution in [0.2, 0.25) is 0 Å². The Balaban J connectivity index is 2.55. The van der Waals surface area contributed by atoms with E-state index in [1.807, 2.05) is 0 Å². The number of alkyl halides is 1. The van der Waals surface area contributed by atoms with Crippen LogP contribution in [0.15, 0.2) is 28.7 Å². The number of H-pyrrole nitrogens is 1. The van der Waals surface area contributed by atoms with E-state index < -0.39 is 5.25 Å². The molecule has 1 atom stereocenters. The zero-order chi connectivity index (χ0) is 11.1. The lowest BCUT2D eigenvalue weighted by Crippen LogP contribution is -2.34. The molecule has 0 aliphatic carbocycles. The van der Waals surface area contributed by atoms with E-state index in [9.17, 15) is 9.18 Å². The van der Waals surface area contributed by atoms with Crippen molar-refractivity contribution in [3.05, 3.63) is 39.0 Å². The summed E-state index contributed by atoms with van der Waals surface area (Å²) in [6.45, 7) is 0. The van der Waals surface area contributed by atoms with Gasteiger partial charge in [0.15, 0.2) is 4.77 Å². The van der Waals surface area contributed by atoms with Crippen molar-refractivity contribution >= 4 is 35.8 Å². The van der Waals surface area contributed by atoms with E-state index in [2.05, 4.69) is 4.98 Å². The standard InChI is InChI=1S/C7H5ClFN3OS2/c8-12-3-4-15-7(12,9)11-2-1-5(13)10-6(11)14/h1-4H,(H,10,13,14). The van der Waals surface area contributed by atoms with Crippen molar-refractivity contribution in [2.24, 2.45) is 0 Å². The zero-order valence-electron chi connectivity index (χ0n) is 7.18. The highest BCUT2D eigenvalue weighted by Crippen LogP contribution is 2.43. The first-order chi connectivity index (χ1) is 7.04. The molecule has 1 aliphatic heterocycles. The quantitative estimate of drug-likeness (QED) is 0.480. The summed E-state index contributed by atoms with van der Waals surface area (Å²) >= 11 is 11.3. The molecule has 1 aromatic heterocycles. The Morgan fingerprint density at radius 1 is 1.67 bits per heavy atom. The van der Waals surface area contributed by atoms with Gasteiger partial charge in [0.1, 0.15) is 0 Å². The maximum absolute atomic E-state index is 14.3. The van der Waals surface area contributed by atoms with Crippen molar-refractivity contribution in [2.45, 2.75) is 5.25 Å². The highest BCUT2D eigenvalue weighted by Gasteiger charge is 2.40. The summed E-state index contributed by atoms with van der Waals surface area (Å²) in [7, 11) is 0. The average Bonchev–Trinajstić information content (AvgIpc) is 2.47. The molecule has 2 rings (SSSR count). The van der Waals surface area contributed by atoms with Crippen molar-refractivity contribution in [3.63, 3.8) is 0 Å². The van der Waals surface area contributed by atoms with Gasteiger partial charge in [-0.05, 0) is 29.4 Å². The van der Waals surface area contributed by atoms with Crippen LogP contribution in [0.25, 0.3) is 0 Å². The van der Waals surface area contributed by atoms with E-state index in [0.29, 0.717) is 0 Å². The molecule has 0 saturated carbocycles. The van der Waals surface area contributed by atoms with Crippen LogP contribution in [0, 0.1) is 4.77 Å². The lowest BCUT2D eigenvalue weighted by molar-refractivity contribution is 0.0856. The predicted molar refractivity (Wildman–Crippen MR) is 59.4 cm³/mol. The SMILES string of the molecule is O=c1ccn(C2(F)SC=CN2Cl)c(=S)[nH]1. The molecule has 0 fully saturated rings. The fourth-order valence-corrected chi connectivity index (χ4v) is 2.55. The Hall–Kier alpha value is -0.790. The minimum absolute atomic E-state index is 0.0214. The molecule has 1 aliphatic rings. The summed E-state index contributed by atoms with van der Waals surface area (Å²) in [4.78, 5) is 13.2. The number of rotatable bonds is 1. The second-order valence-corrected chi connectivity index (χ2v) is 4.50. The Labute approximate surface area is 98.5 Å². The number of nitrogens with zero attached hydrogens (tertiary/aromatic N) is 2. The molecule has 0 aromatic carbocycles. The smallest absolute Gasteiger partial charge is 0.299 e. The fraction of sp³-hybridized carbons (Fsp3) is 0.143. The van der Waals surface area contributed by atoms with Gasteiger partial charge in [0.25, 0.3) is 5.56 Å². The molecule has 15 heavy (non-hydrogen) atoms. The van der Waals surface area contributed by atoms with Crippen LogP contribution in [0.3, 0.4) is 0 Å². The van der Waals surface area contributed by atoms with Crippen molar-refractivity contribution in [2.75, 3.05) is 0 Å². The van der Waals surface area contributed by atoms with Gasteiger partial charge in [-0.3, -0.25) is 14.3 Å². The molecular formula is C7H5ClFN3OS2.